The molecule has 0 amide bonds. The van der Waals surface area contributed by atoms with Crippen molar-refractivity contribution in [2.75, 3.05) is 0 Å². The zero-order chi connectivity index (χ0) is 15.5. The second kappa shape index (κ2) is 6.53. The molecule has 0 radical (unpaired) electrons. The molecule has 0 aliphatic heterocycles. The number of alkyl halides is 4. The summed E-state index contributed by atoms with van der Waals surface area (Å²) in [5, 5.41) is 0. The first-order valence-electron chi connectivity index (χ1n) is 5.62. The van der Waals surface area contributed by atoms with Crippen molar-refractivity contribution in [2.45, 2.75) is 12.2 Å². The third-order valence-corrected chi connectivity index (χ3v) is 3.16. The summed E-state index contributed by atoms with van der Waals surface area (Å²) < 4.78 is 45.9. The maximum Gasteiger partial charge on any atom is 0.573 e. The first kappa shape index (κ1) is 15.9. The lowest BCUT2D eigenvalue weighted by Crippen LogP contribution is -2.17. The van der Waals surface area contributed by atoms with Crippen LogP contribution in [0.3, 0.4) is 0 Å². The van der Waals surface area contributed by atoms with Crippen LogP contribution in [0.4, 0.5) is 13.2 Å². The van der Waals surface area contributed by atoms with E-state index in [-0.39, 0.29) is 16.1 Å². The van der Waals surface area contributed by atoms with E-state index in [2.05, 4.69) is 25.7 Å². The van der Waals surface area contributed by atoms with Gasteiger partial charge >= 0.3 is 6.36 Å². The van der Waals surface area contributed by atoms with Crippen LogP contribution in [-0.4, -0.2) is 11.3 Å². The average molecular weight is 383 g/mol. The third-order valence-electron chi connectivity index (χ3n) is 2.27. The first-order valence-corrected chi connectivity index (χ1v) is 6.95. The van der Waals surface area contributed by atoms with E-state index in [4.69, 9.17) is 16.3 Å². The lowest BCUT2D eigenvalue weighted by atomic mass is 10.3. The van der Waals surface area contributed by atoms with Crippen LogP contribution in [0.5, 0.6) is 17.4 Å². The Bertz CT molecular complexity index is 637. The molecule has 0 saturated carbocycles. The largest absolute Gasteiger partial charge is 0.573 e. The van der Waals surface area contributed by atoms with Crippen LogP contribution < -0.4 is 9.47 Å². The summed E-state index contributed by atoms with van der Waals surface area (Å²) in [5.74, 6) is 0.497. The van der Waals surface area contributed by atoms with Crippen molar-refractivity contribution in [3.05, 3.63) is 46.6 Å². The normalized spacial score (nSPS) is 11.3. The molecule has 0 aliphatic rings. The highest BCUT2D eigenvalue weighted by molar-refractivity contribution is 9.10. The molecule has 112 valence electrons. The smallest absolute Gasteiger partial charge is 0.439 e. The molecule has 2 rings (SSSR count). The minimum atomic E-state index is -4.75. The van der Waals surface area contributed by atoms with Gasteiger partial charge in [0.25, 0.3) is 0 Å². The van der Waals surface area contributed by atoms with Crippen LogP contribution in [0.15, 0.2) is 40.9 Å². The number of ether oxygens (including phenoxy) is 2. The first-order chi connectivity index (χ1) is 9.87. The summed E-state index contributed by atoms with van der Waals surface area (Å²) in [5.41, 5.74) is 0.630. The van der Waals surface area contributed by atoms with Gasteiger partial charge in [-0.3, -0.25) is 0 Å². The van der Waals surface area contributed by atoms with Gasteiger partial charge in [0.05, 0.1) is 16.0 Å². The highest BCUT2D eigenvalue weighted by Crippen LogP contribution is 2.34. The van der Waals surface area contributed by atoms with Crippen LogP contribution in [0.2, 0.25) is 0 Å². The van der Waals surface area contributed by atoms with E-state index >= 15 is 0 Å². The van der Waals surface area contributed by atoms with Gasteiger partial charge in [0.1, 0.15) is 11.5 Å². The molecule has 3 nitrogen and oxygen atoms in total. The number of halogens is 5. The zero-order valence-corrected chi connectivity index (χ0v) is 12.7. The van der Waals surface area contributed by atoms with Crippen LogP contribution in [-0.2, 0) is 5.88 Å². The van der Waals surface area contributed by atoms with Crippen LogP contribution in [0.1, 0.15) is 5.69 Å². The molecule has 1 aromatic heterocycles. The number of hydrogen-bond acceptors (Lipinski definition) is 3. The minimum absolute atomic E-state index is 0.117. The Morgan fingerprint density at radius 3 is 2.57 bits per heavy atom. The van der Waals surface area contributed by atoms with Gasteiger partial charge in [0.15, 0.2) is 0 Å². The predicted octanol–water partition coefficient (Wildman–Crippen LogP) is 5.27. The summed E-state index contributed by atoms with van der Waals surface area (Å²) in [6.07, 6.45) is -4.75. The van der Waals surface area contributed by atoms with E-state index in [0.29, 0.717) is 17.3 Å². The fourth-order valence-corrected chi connectivity index (χ4v) is 2.05. The van der Waals surface area contributed by atoms with Gasteiger partial charge in [0.2, 0.25) is 5.88 Å². The Morgan fingerprint density at radius 2 is 1.95 bits per heavy atom. The van der Waals surface area contributed by atoms with E-state index in [1.807, 2.05) is 0 Å². The summed E-state index contributed by atoms with van der Waals surface area (Å²) in [4.78, 5) is 4.12. The second-order valence-corrected chi connectivity index (χ2v) is 4.96. The molecule has 0 fully saturated rings. The van der Waals surface area contributed by atoms with Crippen molar-refractivity contribution in [3.8, 4) is 17.4 Å². The molecule has 8 heteroatoms. The number of benzene rings is 1. The molecule has 0 spiro atoms. The zero-order valence-electron chi connectivity index (χ0n) is 10.3. The monoisotopic (exact) mass is 381 g/mol. The van der Waals surface area contributed by atoms with Crippen LogP contribution in [0.25, 0.3) is 0 Å². The molecular weight excluding hydrogens is 374 g/mol. The number of rotatable bonds is 4. The van der Waals surface area contributed by atoms with Crippen molar-refractivity contribution in [1.82, 2.24) is 4.98 Å². The fourth-order valence-electron chi connectivity index (χ4n) is 1.46. The molecule has 1 heterocycles. The van der Waals surface area contributed by atoms with Gasteiger partial charge in [-0.25, -0.2) is 4.98 Å². The van der Waals surface area contributed by atoms with Crippen molar-refractivity contribution < 1.29 is 22.6 Å². The highest BCUT2D eigenvalue weighted by atomic mass is 79.9. The standard InChI is InChI=1S/C13H8BrClF3NO2/c14-10-6-9(4-5-11(10)21-13(16,17)18)20-12-3-1-2-8(7-15)19-12/h1-6H,7H2. The van der Waals surface area contributed by atoms with Crippen molar-refractivity contribution in [3.63, 3.8) is 0 Å². The van der Waals surface area contributed by atoms with Crippen LogP contribution in [0, 0.1) is 0 Å². The van der Waals surface area contributed by atoms with Crippen LogP contribution >= 0.6 is 27.5 Å². The predicted molar refractivity (Wildman–Crippen MR) is 74.7 cm³/mol. The van der Waals surface area contributed by atoms with E-state index in [1.54, 1.807) is 18.2 Å². The van der Waals surface area contributed by atoms with Crippen molar-refractivity contribution >= 4 is 27.5 Å². The Kier molecular flexibility index (Phi) is 4.95. The Morgan fingerprint density at radius 1 is 1.19 bits per heavy atom. The molecule has 21 heavy (non-hydrogen) atoms. The third kappa shape index (κ3) is 4.78. The van der Waals surface area contributed by atoms with E-state index in [0.717, 1.165) is 6.07 Å². The lowest BCUT2D eigenvalue weighted by molar-refractivity contribution is -0.274. The molecule has 0 saturated heterocycles. The van der Waals surface area contributed by atoms with Gasteiger partial charge in [0, 0.05) is 6.07 Å². The molecule has 0 N–H and O–H groups in total. The van der Waals surface area contributed by atoms with Crippen molar-refractivity contribution in [2.24, 2.45) is 0 Å². The van der Waals surface area contributed by atoms with Gasteiger partial charge in [-0.2, -0.15) is 0 Å². The fraction of sp³-hybridized carbons (Fsp3) is 0.154. The summed E-state index contributed by atoms with van der Waals surface area (Å²) in [7, 11) is 0. The number of pyridine rings is 1. The van der Waals surface area contributed by atoms with Gasteiger partial charge in [-0.1, -0.05) is 6.07 Å². The van der Waals surface area contributed by atoms with Crippen molar-refractivity contribution in [1.29, 1.82) is 0 Å². The summed E-state index contributed by atoms with van der Waals surface area (Å²) >= 11 is 8.66. The van der Waals surface area contributed by atoms with E-state index < -0.39 is 6.36 Å². The summed E-state index contributed by atoms with van der Waals surface area (Å²) in [6.45, 7) is 0. The van der Waals surface area contributed by atoms with E-state index in [9.17, 15) is 13.2 Å². The van der Waals surface area contributed by atoms with Gasteiger partial charge in [-0.15, -0.1) is 24.8 Å². The minimum Gasteiger partial charge on any atom is -0.439 e. The average Bonchev–Trinajstić information content (AvgIpc) is 2.41. The van der Waals surface area contributed by atoms with Gasteiger partial charge < -0.3 is 9.47 Å². The summed E-state index contributed by atoms with van der Waals surface area (Å²) in [6, 6.07) is 8.92. The number of nitrogens with zero attached hydrogens (tertiary/aromatic N) is 1. The quantitative estimate of drug-likeness (QED) is 0.675. The SMILES string of the molecule is FC(F)(F)Oc1ccc(Oc2cccc(CCl)n2)cc1Br. The maximum absolute atomic E-state index is 12.2. The number of hydrogen-bond donors (Lipinski definition) is 0. The van der Waals surface area contributed by atoms with E-state index in [1.165, 1.54) is 12.1 Å². The number of aromatic nitrogens is 1. The molecular formula is C13H8BrClF3NO2. The molecule has 2 aromatic rings. The molecule has 0 aliphatic carbocycles. The maximum atomic E-state index is 12.2. The highest BCUT2D eigenvalue weighted by Gasteiger charge is 2.32. The topological polar surface area (TPSA) is 31.4 Å². The Balaban J connectivity index is 2.16. The molecule has 0 unspecified atom stereocenters. The Labute approximate surface area is 131 Å². The lowest BCUT2D eigenvalue weighted by Gasteiger charge is -2.12. The van der Waals surface area contributed by atoms with Gasteiger partial charge in [-0.05, 0) is 40.2 Å². The molecule has 0 atom stereocenters. The Hall–Kier alpha value is -1.47. The second-order valence-electron chi connectivity index (χ2n) is 3.84. The molecule has 1 aromatic carbocycles. The molecule has 0 bridgehead atoms.